The van der Waals surface area contributed by atoms with Crippen LogP contribution in [0.5, 0.6) is 0 Å². The molecule has 0 spiro atoms. The van der Waals surface area contributed by atoms with Gasteiger partial charge in [-0.1, -0.05) is 18.1 Å². The minimum atomic E-state index is -2.74. The fourth-order valence-corrected chi connectivity index (χ4v) is 3.24. The van der Waals surface area contributed by atoms with Crippen LogP contribution in [0.15, 0.2) is 24.3 Å². The van der Waals surface area contributed by atoms with E-state index in [1.54, 1.807) is 21.3 Å². The van der Waals surface area contributed by atoms with Crippen molar-refractivity contribution in [2.45, 2.75) is 0 Å². The molecule has 0 atom stereocenters. The monoisotopic (exact) mass is 222 g/mol. The molecule has 0 radical (unpaired) electrons. The molecule has 1 aromatic rings. The van der Waals surface area contributed by atoms with E-state index in [2.05, 4.69) is 5.92 Å². The molecule has 1 aromatic carbocycles. The van der Waals surface area contributed by atoms with Crippen LogP contribution in [0, 0.1) is 12.3 Å². The molecule has 0 aliphatic heterocycles. The van der Waals surface area contributed by atoms with Gasteiger partial charge in [0.25, 0.3) is 0 Å². The quantitative estimate of drug-likeness (QED) is 0.556. The maximum absolute atomic E-state index is 5.35. The van der Waals surface area contributed by atoms with Crippen molar-refractivity contribution in [3.05, 3.63) is 29.8 Å². The minimum absolute atomic E-state index is 0.788. The Morgan fingerprint density at radius 3 is 2.20 bits per heavy atom. The molecule has 4 heteroatoms. The Labute approximate surface area is 91.3 Å². The van der Waals surface area contributed by atoms with E-state index in [1.807, 2.05) is 24.3 Å². The first-order chi connectivity index (χ1) is 7.22. The molecule has 1 rings (SSSR count). The van der Waals surface area contributed by atoms with E-state index < -0.39 is 8.80 Å². The SMILES string of the molecule is C#Cc1cccc([Si](OC)(OC)OC)c1. The highest BCUT2D eigenvalue weighted by atomic mass is 28.4. The summed E-state index contributed by atoms with van der Waals surface area (Å²) in [5.41, 5.74) is 0.788. The van der Waals surface area contributed by atoms with Gasteiger partial charge in [0.2, 0.25) is 0 Å². The van der Waals surface area contributed by atoms with Crippen molar-refractivity contribution in [1.82, 2.24) is 0 Å². The van der Waals surface area contributed by atoms with Crippen LogP contribution in [0.25, 0.3) is 0 Å². The summed E-state index contributed by atoms with van der Waals surface area (Å²) >= 11 is 0. The van der Waals surface area contributed by atoms with Crippen molar-refractivity contribution >= 4 is 14.0 Å². The summed E-state index contributed by atoms with van der Waals surface area (Å²) in [5, 5.41) is 0.866. The standard InChI is InChI=1S/C11H14O3Si/c1-5-10-7-6-8-11(9-10)15(12-2,13-3)14-4/h1,6-9H,2-4H3. The molecule has 0 N–H and O–H groups in total. The fourth-order valence-electron chi connectivity index (χ4n) is 1.40. The Hall–Kier alpha value is -1.12. The third-order valence-electron chi connectivity index (χ3n) is 2.19. The van der Waals surface area contributed by atoms with Crippen molar-refractivity contribution in [2.75, 3.05) is 21.3 Å². The molecule has 0 aliphatic rings. The Bertz CT molecular complexity index is 358. The fraction of sp³-hybridized carbons (Fsp3) is 0.273. The second-order valence-corrected chi connectivity index (χ2v) is 5.81. The second kappa shape index (κ2) is 5.10. The molecule has 0 bridgehead atoms. The van der Waals surface area contributed by atoms with Gasteiger partial charge in [-0.3, -0.25) is 0 Å². The maximum atomic E-state index is 5.35. The number of benzene rings is 1. The van der Waals surface area contributed by atoms with Crippen LogP contribution in [-0.2, 0) is 13.3 Å². The molecule has 0 amide bonds. The topological polar surface area (TPSA) is 27.7 Å². The lowest BCUT2D eigenvalue weighted by atomic mass is 10.2. The smallest absolute Gasteiger partial charge is 0.373 e. The van der Waals surface area contributed by atoms with Crippen molar-refractivity contribution in [1.29, 1.82) is 0 Å². The number of hydrogen-bond donors (Lipinski definition) is 0. The van der Waals surface area contributed by atoms with Crippen LogP contribution in [0.3, 0.4) is 0 Å². The molecule has 15 heavy (non-hydrogen) atoms. The first-order valence-corrected chi connectivity index (χ1v) is 6.17. The molecule has 0 unspecified atom stereocenters. The predicted molar refractivity (Wildman–Crippen MR) is 60.8 cm³/mol. The molecular formula is C11H14O3Si. The largest absolute Gasteiger partial charge is 0.536 e. The van der Waals surface area contributed by atoms with E-state index in [-0.39, 0.29) is 0 Å². The second-order valence-electron chi connectivity index (χ2n) is 2.89. The number of rotatable bonds is 4. The van der Waals surface area contributed by atoms with Gasteiger partial charge < -0.3 is 13.3 Å². The van der Waals surface area contributed by atoms with Crippen molar-refractivity contribution < 1.29 is 13.3 Å². The van der Waals surface area contributed by atoms with Crippen LogP contribution in [0.2, 0.25) is 0 Å². The van der Waals surface area contributed by atoms with E-state index in [9.17, 15) is 0 Å². The normalized spacial score (nSPS) is 11.1. The molecule has 0 aromatic heterocycles. The molecule has 0 aliphatic carbocycles. The summed E-state index contributed by atoms with van der Waals surface area (Å²) in [6, 6.07) is 7.46. The first-order valence-electron chi connectivity index (χ1n) is 4.45. The number of hydrogen-bond acceptors (Lipinski definition) is 3. The summed E-state index contributed by atoms with van der Waals surface area (Å²) in [6.45, 7) is 0. The third-order valence-corrected chi connectivity index (χ3v) is 4.82. The Morgan fingerprint density at radius 2 is 1.73 bits per heavy atom. The van der Waals surface area contributed by atoms with E-state index >= 15 is 0 Å². The molecule has 0 fully saturated rings. The molecule has 0 heterocycles. The Kier molecular flexibility index (Phi) is 4.06. The van der Waals surface area contributed by atoms with Crippen LogP contribution in [0.1, 0.15) is 5.56 Å². The van der Waals surface area contributed by atoms with E-state index in [4.69, 9.17) is 19.7 Å². The van der Waals surface area contributed by atoms with Crippen LogP contribution in [-0.4, -0.2) is 30.1 Å². The third kappa shape index (κ3) is 2.28. The van der Waals surface area contributed by atoms with E-state index in [0.717, 1.165) is 10.8 Å². The maximum Gasteiger partial charge on any atom is 0.536 e. The lowest BCUT2D eigenvalue weighted by Crippen LogP contribution is -2.54. The lowest BCUT2D eigenvalue weighted by Gasteiger charge is -2.24. The predicted octanol–water partition coefficient (Wildman–Crippen LogP) is 0.753. The summed E-state index contributed by atoms with van der Waals surface area (Å²) in [7, 11) is 1.98. The van der Waals surface area contributed by atoms with Crippen molar-refractivity contribution in [3.8, 4) is 12.3 Å². The van der Waals surface area contributed by atoms with Gasteiger partial charge in [-0.25, -0.2) is 0 Å². The zero-order valence-corrected chi connectivity index (χ0v) is 10.1. The molecular weight excluding hydrogens is 208 g/mol. The summed E-state index contributed by atoms with van der Waals surface area (Å²) < 4.78 is 16.0. The van der Waals surface area contributed by atoms with Gasteiger partial charge >= 0.3 is 8.80 Å². The van der Waals surface area contributed by atoms with Gasteiger partial charge in [0, 0.05) is 32.1 Å². The lowest BCUT2D eigenvalue weighted by molar-refractivity contribution is 0.140. The number of terminal acetylenes is 1. The van der Waals surface area contributed by atoms with Gasteiger partial charge in [-0.15, -0.1) is 6.42 Å². The summed E-state index contributed by atoms with van der Waals surface area (Å²) in [6.07, 6.45) is 5.33. The van der Waals surface area contributed by atoms with Gasteiger partial charge in [0.1, 0.15) is 0 Å². The van der Waals surface area contributed by atoms with E-state index in [1.165, 1.54) is 0 Å². The highest BCUT2D eigenvalue weighted by Crippen LogP contribution is 2.08. The highest BCUT2D eigenvalue weighted by molar-refractivity contribution is 6.75. The average Bonchev–Trinajstić information content (AvgIpc) is 2.32. The summed E-state index contributed by atoms with van der Waals surface area (Å²) in [4.78, 5) is 0. The van der Waals surface area contributed by atoms with Crippen LogP contribution >= 0.6 is 0 Å². The molecule has 0 saturated carbocycles. The zero-order chi connectivity index (χ0) is 11.3. The van der Waals surface area contributed by atoms with Crippen LogP contribution < -0.4 is 5.19 Å². The molecule has 0 saturated heterocycles. The van der Waals surface area contributed by atoms with Gasteiger partial charge in [-0.05, 0) is 12.1 Å². The van der Waals surface area contributed by atoms with Crippen LogP contribution in [0.4, 0.5) is 0 Å². The van der Waals surface area contributed by atoms with Gasteiger partial charge in [-0.2, -0.15) is 0 Å². The van der Waals surface area contributed by atoms with E-state index in [0.29, 0.717) is 0 Å². The van der Waals surface area contributed by atoms with Crippen molar-refractivity contribution in [2.24, 2.45) is 0 Å². The summed E-state index contributed by atoms with van der Waals surface area (Å²) in [5.74, 6) is 2.57. The van der Waals surface area contributed by atoms with Gasteiger partial charge in [0.05, 0.1) is 0 Å². The zero-order valence-electron chi connectivity index (χ0n) is 9.11. The average molecular weight is 222 g/mol. The molecule has 3 nitrogen and oxygen atoms in total. The minimum Gasteiger partial charge on any atom is -0.373 e. The Balaban J connectivity index is 3.17. The van der Waals surface area contributed by atoms with Gasteiger partial charge in [0.15, 0.2) is 0 Å². The Morgan fingerprint density at radius 1 is 1.13 bits per heavy atom. The highest BCUT2D eigenvalue weighted by Gasteiger charge is 2.40. The van der Waals surface area contributed by atoms with Crippen molar-refractivity contribution in [3.63, 3.8) is 0 Å². The molecule has 80 valence electrons. The first kappa shape index (κ1) is 11.9.